The Labute approximate surface area is 77.7 Å². The molecular formula is C10H17F2N. The highest BCUT2D eigenvalue weighted by atomic mass is 19.3. The lowest BCUT2D eigenvalue weighted by Crippen LogP contribution is -2.34. The molecule has 0 radical (unpaired) electrons. The molecule has 13 heavy (non-hydrogen) atoms. The van der Waals surface area contributed by atoms with Crippen LogP contribution in [0, 0.1) is 11.8 Å². The summed E-state index contributed by atoms with van der Waals surface area (Å²) in [7, 11) is 0. The van der Waals surface area contributed by atoms with Crippen LogP contribution in [-0.2, 0) is 0 Å². The summed E-state index contributed by atoms with van der Waals surface area (Å²) in [6.07, 6.45) is 4.36. The van der Waals surface area contributed by atoms with Gasteiger partial charge in [-0.25, -0.2) is 8.78 Å². The fraction of sp³-hybridized carbons (Fsp3) is 1.00. The molecule has 0 aliphatic heterocycles. The van der Waals surface area contributed by atoms with E-state index < -0.39 is 11.8 Å². The van der Waals surface area contributed by atoms with E-state index in [4.69, 9.17) is 5.73 Å². The van der Waals surface area contributed by atoms with Crippen molar-refractivity contribution in [3.8, 4) is 0 Å². The standard InChI is InChI=1S/C10H17F2N/c1-9(11,12)8(7-2-3-7)6-10(13)4-5-10/h7-8H,2-6,13H2,1H3. The Bertz CT molecular complexity index is 201. The van der Waals surface area contributed by atoms with Crippen LogP contribution >= 0.6 is 0 Å². The van der Waals surface area contributed by atoms with Gasteiger partial charge in [-0.2, -0.15) is 0 Å². The maximum Gasteiger partial charge on any atom is 0.248 e. The van der Waals surface area contributed by atoms with Crippen molar-refractivity contribution >= 4 is 0 Å². The second-order valence-corrected chi connectivity index (χ2v) is 4.97. The van der Waals surface area contributed by atoms with E-state index in [2.05, 4.69) is 0 Å². The topological polar surface area (TPSA) is 26.0 Å². The molecule has 0 spiro atoms. The van der Waals surface area contributed by atoms with Crippen LogP contribution in [0.25, 0.3) is 0 Å². The van der Waals surface area contributed by atoms with Gasteiger partial charge < -0.3 is 5.73 Å². The van der Waals surface area contributed by atoms with Crippen molar-refractivity contribution in [2.75, 3.05) is 0 Å². The van der Waals surface area contributed by atoms with Crippen molar-refractivity contribution in [1.82, 2.24) is 0 Å². The summed E-state index contributed by atoms with van der Waals surface area (Å²) < 4.78 is 26.4. The molecular weight excluding hydrogens is 172 g/mol. The van der Waals surface area contributed by atoms with Crippen molar-refractivity contribution in [2.45, 2.75) is 50.5 Å². The van der Waals surface area contributed by atoms with Gasteiger partial charge in [0, 0.05) is 11.5 Å². The highest BCUT2D eigenvalue weighted by Gasteiger charge is 2.51. The van der Waals surface area contributed by atoms with E-state index in [0.717, 1.165) is 32.6 Å². The van der Waals surface area contributed by atoms with E-state index >= 15 is 0 Å². The van der Waals surface area contributed by atoms with Crippen LogP contribution in [0.2, 0.25) is 0 Å². The van der Waals surface area contributed by atoms with E-state index in [1.54, 1.807) is 0 Å². The highest BCUT2D eigenvalue weighted by Crippen LogP contribution is 2.51. The van der Waals surface area contributed by atoms with Gasteiger partial charge in [0.1, 0.15) is 0 Å². The van der Waals surface area contributed by atoms with Crippen molar-refractivity contribution in [1.29, 1.82) is 0 Å². The highest BCUT2D eigenvalue weighted by molar-refractivity contribution is 5.03. The molecule has 2 fully saturated rings. The number of nitrogens with two attached hydrogens (primary N) is 1. The number of rotatable bonds is 4. The maximum absolute atomic E-state index is 13.2. The number of hydrogen-bond donors (Lipinski definition) is 1. The van der Waals surface area contributed by atoms with Gasteiger partial charge in [-0.1, -0.05) is 0 Å². The van der Waals surface area contributed by atoms with Crippen LogP contribution in [0.1, 0.15) is 39.0 Å². The van der Waals surface area contributed by atoms with Gasteiger partial charge in [0.25, 0.3) is 0 Å². The first-order valence-electron chi connectivity index (χ1n) is 5.07. The van der Waals surface area contributed by atoms with Crippen LogP contribution in [0.5, 0.6) is 0 Å². The average Bonchev–Trinajstić information content (AvgIpc) is 2.77. The van der Waals surface area contributed by atoms with Crippen molar-refractivity contribution in [3.05, 3.63) is 0 Å². The Morgan fingerprint density at radius 3 is 2.31 bits per heavy atom. The predicted molar refractivity (Wildman–Crippen MR) is 47.6 cm³/mol. The number of halogens is 2. The Morgan fingerprint density at radius 2 is 2.00 bits per heavy atom. The summed E-state index contributed by atoms with van der Waals surface area (Å²) in [5.74, 6) is -2.74. The minimum absolute atomic E-state index is 0.229. The summed E-state index contributed by atoms with van der Waals surface area (Å²) in [6.45, 7) is 1.04. The quantitative estimate of drug-likeness (QED) is 0.722. The molecule has 1 nitrogen and oxygen atoms in total. The SMILES string of the molecule is CC(F)(F)C(CC1(N)CC1)C1CC1. The fourth-order valence-electron chi connectivity index (χ4n) is 2.06. The van der Waals surface area contributed by atoms with Gasteiger partial charge in [0.15, 0.2) is 0 Å². The molecule has 76 valence electrons. The van der Waals surface area contributed by atoms with E-state index in [9.17, 15) is 8.78 Å². The van der Waals surface area contributed by atoms with Gasteiger partial charge in [-0.15, -0.1) is 0 Å². The molecule has 0 aromatic carbocycles. The van der Waals surface area contributed by atoms with Gasteiger partial charge in [0.05, 0.1) is 0 Å². The largest absolute Gasteiger partial charge is 0.325 e. The van der Waals surface area contributed by atoms with Crippen molar-refractivity contribution in [3.63, 3.8) is 0 Å². The third-order valence-corrected chi connectivity index (χ3v) is 3.36. The summed E-state index contributed by atoms with van der Waals surface area (Å²) >= 11 is 0. The molecule has 2 rings (SSSR count). The molecule has 0 heterocycles. The zero-order chi connectivity index (χ0) is 9.69. The second-order valence-electron chi connectivity index (χ2n) is 4.97. The Morgan fingerprint density at radius 1 is 1.46 bits per heavy atom. The first kappa shape index (κ1) is 9.38. The molecule has 0 bridgehead atoms. The van der Waals surface area contributed by atoms with Crippen molar-refractivity contribution in [2.24, 2.45) is 17.6 Å². The molecule has 2 aliphatic rings. The summed E-state index contributed by atoms with van der Waals surface area (Å²) in [5, 5.41) is 0. The third-order valence-electron chi connectivity index (χ3n) is 3.36. The Balaban J connectivity index is 1.97. The van der Waals surface area contributed by atoms with E-state index in [0.29, 0.717) is 6.42 Å². The van der Waals surface area contributed by atoms with Crippen LogP contribution in [0.3, 0.4) is 0 Å². The molecule has 0 aromatic rings. The fourth-order valence-corrected chi connectivity index (χ4v) is 2.06. The Hall–Kier alpha value is -0.180. The first-order chi connectivity index (χ1) is 5.91. The minimum Gasteiger partial charge on any atom is -0.325 e. The lowest BCUT2D eigenvalue weighted by Gasteiger charge is -2.26. The third kappa shape index (κ3) is 2.19. The molecule has 1 atom stereocenters. The number of hydrogen-bond acceptors (Lipinski definition) is 1. The molecule has 2 N–H and O–H groups in total. The predicted octanol–water partition coefficient (Wildman–Crippen LogP) is 2.55. The lowest BCUT2D eigenvalue weighted by atomic mass is 9.89. The second kappa shape index (κ2) is 2.66. The first-order valence-corrected chi connectivity index (χ1v) is 5.07. The van der Waals surface area contributed by atoms with Crippen LogP contribution in [0.15, 0.2) is 0 Å². The molecule has 0 saturated heterocycles. The lowest BCUT2D eigenvalue weighted by molar-refractivity contribution is -0.0551. The molecule has 1 unspecified atom stereocenters. The summed E-state index contributed by atoms with van der Waals surface area (Å²) in [5.41, 5.74) is 5.65. The smallest absolute Gasteiger partial charge is 0.248 e. The molecule has 2 saturated carbocycles. The van der Waals surface area contributed by atoms with E-state index in [1.165, 1.54) is 0 Å². The molecule has 0 amide bonds. The van der Waals surface area contributed by atoms with Crippen LogP contribution < -0.4 is 5.73 Å². The van der Waals surface area contributed by atoms with Gasteiger partial charge in [-0.05, 0) is 44.9 Å². The summed E-state index contributed by atoms with van der Waals surface area (Å²) in [6, 6.07) is 0. The molecule has 0 aromatic heterocycles. The maximum atomic E-state index is 13.2. The summed E-state index contributed by atoms with van der Waals surface area (Å²) in [4.78, 5) is 0. The van der Waals surface area contributed by atoms with Gasteiger partial charge in [0.2, 0.25) is 5.92 Å². The average molecular weight is 189 g/mol. The monoisotopic (exact) mass is 189 g/mol. The van der Waals surface area contributed by atoms with E-state index in [1.807, 2.05) is 0 Å². The number of alkyl halides is 2. The van der Waals surface area contributed by atoms with Crippen LogP contribution in [0.4, 0.5) is 8.78 Å². The zero-order valence-corrected chi connectivity index (χ0v) is 8.02. The van der Waals surface area contributed by atoms with Gasteiger partial charge >= 0.3 is 0 Å². The normalized spacial score (nSPS) is 28.6. The van der Waals surface area contributed by atoms with Crippen LogP contribution in [-0.4, -0.2) is 11.5 Å². The van der Waals surface area contributed by atoms with E-state index in [-0.39, 0.29) is 11.5 Å². The zero-order valence-electron chi connectivity index (χ0n) is 8.02. The Kier molecular flexibility index (Phi) is 1.92. The van der Waals surface area contributed by atoms with Gasteiger partial charge in [-0.3, -0.25) is 0 Å². The molecule has 3 heteroatoms. The molecule has 2 aliphatic carbocycles. The minimum atomic E-state index is -2.53. The van der Waals surface area contributed by atoms with Crippen molar-refractivity contribution < 1.29 is 8.78 Å².